The molecule has 14 nitrogen and oxygen atoms in total. The SMILES string of the molecule is CC(C)(C)OC(=O)N1CCOCC1C(=O)OCC(=O)c1ccc2cc(-c3ccc(C(O)COC(=O)C4COCCN4C(=O)OC(C)(C)C)cc3)ccc2c1. The number of carbonyl (C=O) groups is 5. The first kappa shape index (κ1) is 40.1. The normalized spacial score (nSPS) is 18.4. The molecule has 2 aliphatic heterocycles. The third-order valence-electron chi connectivity index (χ3n) is 8.58. The van der Waals surface area contributed by atoms with E-state index in [0.29, 0.717) is 11.1 Å². The number of aliphatic hydroxyl groups is 1. The lowest BCUT2D eigenvalue weighted by molar-refractivity contribution is -0.158. The Morgan fingerprint density at radius 1 is 0.704 bits per heavy atom. The van der Waals surface area contributed by atoms with Crippen LogP contribution in [0.1, 0.15) is 63.6 Å². The van der Waals surface area contributed by atoms with E-state index in [2.05, 4.69) is 0 Å². The predicted octanol–water partition coefficient (Wildman–Crippen LogP) is 5.08. The number of ketones is 1. The van der Waals surface area contributed by atoms with Crippen LogP contribution in [0.25, 0.3) is 21.9 Å². The number of carbonyl (C=O) groups excluding carboxylic acids is 5. The van der Waals surface area contributed by atoms with Gasteiger partial charge in [-0.05, 0) is 81.1 Å². The fourth-order valence-corrected chi connectivity index (χ4v) is 5.84. The molecular weight excluding hydrogens is 700 g/mol. The van der Waals surface area contributed by atoms with Crippen molar-refractivity contribution in [3.63, 3.8) is 0 Å². The summed E-state index contributed by atoms with van der Waals surface area (Å²) in [6, 6.07) is 16.1. The second-order valence-corrected chi connectivity index (χ2v) is 15.1. The predicted molar refractivity (Wildman–Crippen MR) is 196 cm³/mol. The Hall–Kier alpha value is -5.05. The molecule has 2 heterocycles. The van der Waals surface area contributed by atoms with Crippen LogP contribution in [-0.4, -0.2) is 121 Å². The van der Waals surface area contributed by atoms with Gasteiger partial charge in [-0.15, -0.1) is 0 Å². The molecule has 0 bridgehead atoms. The molecule has 3 unspecified atom stereocenters. The number of ether oxygens (including phenoxy) is 6. The summed E-state index contributed by atoms with van der Waals surface area (Å²) in [6.45, 7) is 10.4. The van der Waals surface area contributed by atoms with E-state index >= 15 is 0 Å². The van der Waals surface area contributed by atoms with Gasteiger partial charge in [0.2, 0.25) is 0 Å². The van der Waals surface area contributed by atoms with Gasteiger partial charge in [0.1, 0.15) is 23.9 Å². The number of morpholine rings is 2. The number of hydrogen-bond acceptors (Lipinski definition) is 12. The zero-order chi connectivity index (χ0) is 39.2. The number of nitrogens with zero attached hydrogens (tertiary/aromatic N) is 2. The lowest BCUT2D eigenvalue weighted by atomic mass is 9.98. The van der Waals surface area contributed by atoms with Gasteiger partial charge in [-0.25, -0.2) is 19.2 Å². The lowest BCUT2D eigenvalue weighted by Crippen LogP contribution is -2.54. The zero-order valence-electron chi connectivity index (χ0n) is 31.5. The topological polar surface area (TPSA) is 167 Å². The zero-order valence-corrected chi connectivity index (χ0v) is 31.5. The van der Waals surface area contributed by atoms with Crippen LogP contribution in [0.15, 0.2) is 60.7 Å². The number of hydrogen-bond donors (Lipinski definition) is 1. The van der Waals surface area contributed by atoms with Gasteiger partial charge in [0.15, 0.2) is 24.5 Å². The average molecular weight is 749 g/mol. The summed E-state index contributed by atoms with van der Waals surface area (Å²) in [5.74, 6) is -1.85. The second-order valence-electron chi connectivity index (χ2n) is 15.1. The summed E-state index contributed by atoms with van der Waals surface area (Å²) in [4.78, 5) is 66.6. The fraction of sp³-hybridized carbons (Fsp3) is 0.475. The Bertz CT molecular complexity index is 1850. The highest BCUT2D eigenvalue weighted by Crippen LogP contribution is 2.27. The first-order valence-electron chi connectivity index (χ1n) is 17.8. The molecule has 3 aromatic rings. The van der Waals surface area contributed by atoms with Crippen molar-refractivity contribution < 1.29 is 57.5 Å². The van der Waals surface area contributed by atoms with E-state index in [1.165, 1.54) is 9.80 Å². The van der Waals surface area contributed by atoms with Gasteiger partial charge in [0.05, 0.1) is 26.4 Å². The molecule has 0 saturated carbocycles. The summed E-state index contributed by atoms with van der Waals surface area (Å²) < 4.78 is 32.3. The maximum Gasteiger partial charge on any atom is 0.411 e. The molecule has 2 amide bonds. The van der Waals surface area contributed by atoms with Gasteiger partial charge in [0, 0.05) is 18.7 Å². The van der Waals surface area contributed by atoms with E-state index in [1.54, 1.807) is 71.9 Å². The summed E-state index contributed by atoms with van der Waals surface area (Å²) in [5, 5.41) is 12.5. The van der Waals surface area contributed by atoms with E-state index in [9.17, 15) is 29.1 Å². The molecule has 0 spiro atoms. The number of Topliss-reactive ketones (excluding diaryl/α,β-unsaturated/α-hetero) is 1. The minimum absolute atomic E-state index is 0.0318. The number of rotatable bonds is 9. The number of amides is 2. The smallest absolute Gasteiger partial charge is 0.411 e. The Balaban J connectivity index is 1.15. The molecule has 3 atom stereocenters. The Morgan fingerprint density at radius 2 is 1.20 bits per heavy atom. The van der Waals surface area contributed by atoms with Crippen molar-refractivity contribution in [1.29, 1.82) is 0 Å². The largest absolute Gasteiger partial charge is 0.461 e. The van der Waals surface area contributed by atoms with Gasteiger partial charge in [-0.3, -0.25) is 14.6 Å². The van der Waals surface area contributed by atoms with E-state index in [0.717, 1.165) is 21.9 Å². The van der Waals surface area contributed by atoms with Crippen molar-refractivity contribution in [2.24, 2.45) is 0 Å². The summed E-state index contributed by atoms with van der Waals surface area (Å²) in [5.41, 5.74) is 1.19. The molecule has 290 valence electrons. The minimum Gasteiger partial charge on any atom is -0.461 e. The maximum absolute atomic E-state index is 13.0. The summed E-state index contributed by atoms with van der Waals surface area (Å²) in [7, 11) is 0. The molecule has 3 aromatic carbocycles. The van der Waals surface area contributed by atoms with Crippen LogP contribution in [0.2, 0.25) is 0 Å². The second kappa shape index (κ2) is 17.0. The van der Waals surface area contributed by atoms with Crippen molar-refractivity contribution in [2.45, 2.75) is 70.9 Å². The van der Waals surface area contributed by atoms with Crippen molar-refractivity contribution in [3.8, 4) is 11.1 Å². The highest BCUT2D eigenvalue weighted by molar-refractivity contribution is 6.02. The highest BCUT2D eigenvalue weighted by Gasteiger charge is 2.38. The van der Waals surface area contributed by atoms with Crippen LogP contribution in [-0.2, 0) is 38.0 Å². The van der Waals surface area contributed by atoms with Crippen LogP contribution >= 0.6 is 0 Å². The Kier molecular flexibility index (Phi) is 12.6. The Labute approximate surface area is 314 Å². The molecule has 2 saturated heterocycles. The number of aliphatic hydroxyl groups excluding tert-OH is 1. The van der Waals surface area contributed by atoms with Gasteiger partial charge >= 0.3 is 24.1 Å². The highest BCUT2D eigenvalue weighted by atomic mass is 16.6. The fourth-order valence-electron chi connectivity index (χ4n) is 5.84. The number of fused-ring (bicyclic) bond motifs is 1. The summed E-state index contributed by atoms with van der Waals surface area (Å²) >= 11 is 0. The average Bonchev–Trinajstić information content (AvgIpc) is 3.14. The van der Waals surface area contributed by atoms with Crippen molar-refractivity contribution in [3.05, 3.63) is 71.8 Å². The van der Waals surface area contributed by atoms with Gasteiger partial charge in [-0.2, -0.15) is 0 Å². The summed E-state index contributed by atoms with van der Waals surface area (Å²) in [6.07, 6.45) is -2.39. The van der Waals surface area contributed by atoms with Crippen LogP contribution in [0.3, 0.4) is 0 Å². The van der Waals surface area contributed by atoms with Crippen molar-refractivity contribution in [1.82, 2.24) is 9.80 Å². The molecule has 0 aromatic heterocycles. The van der Waals surface area contributed by atoms with E-state index < -0.39 is 65.9 Å². The van der Waals surface area contributed by atoms with Gasteiger partial charge in [0.25, 0.3) is 0 Å². The molecule has 54 heavy (non-hydrogen) atoms. The van der Waals surface area contributed by atoms with Gasteiger partial charge in [-0.1, -0.05) is 48.5 Å². The lowest BCUT2D eigenvalue weighted by Gasteiger charge is -2.35. The van der Waals surface area contributed by atoms with E-state index in [1.807, 2.05) is 30.3 Å². The Morgan fingerprint density at radius 3 is 1.76 bits per heavy atom. The van der Waals surface area contributed by atoms with Crippen molar-refractivity contribution >= 4 is 40.7 Å². The first-order chi connectivity index (χ1) is 25.5. The number of benzene rings is 3. The monoisotopic (exact) mass is 748 g/mol. The first-order valence-corrected chi connectivity index (χ1v) is 17.8. The maximum atomic E-state index is 13.0. The minimum atomic E-state index is -1.10. The third-order valence-corrected chi connectivity index (χ3v) is 8.58. The molecule has 2 fully saturated rings. The number of esters is 2. The quantitative estimate of drug-likeness (QED) is 0.175. The molecule has 1 N–H and O–H groups in total. The molecular formula is C40H48N2O12. The van der Waals surface area contributed by atoms with E-state index in [4.69, 9.17) is 28.4 Å². The molecule has 0 aliphatic carbocycles. The van der Waals surface area contributed by atoms with E-state index in [-0.39, 0.29) is 46.1 Å². The standard InChI is InChI=1S/C40H48N2O12/c1-39(2,3)53-37(47)41-15-17-49-21-31(41)35(45)51-23-33(43)26-9-7-25(8-10-26)27-11-12-29-20-30(14-13-28(29)19-27)34(44)24-52-36(46)32-22-50-18-16-42(32)38(48)54-40(4,5)6/h7-14,19-20,31-33,43H,15-18,21-24H2,1-6H3. The molecule has 5 rings (SSSR count). The molecule has 14 heteroatoms. The van der Waals surface area contributed by atoms with Crippen LogP contribution in [0.4, 0.5) is 9.59 Å². The molecule has 0 radical (unpaired) electrons. The van der Waals surface area contributed by atoms with Crippen LogP contribution in [0.5, 0.6) is 0 Å². The third kappa shape index (κ3) is 10.5. The molecule has 2 aliphatic rings. The van der Waals surface area contributed by atoms with Crippen LogP contribution < -0.4 is 0 Å². The van der Waals surface area contributed by atoms with Crippen LogP contribution in [0, 0.1) is 0 Å². The van der Waals surface area contributed by atoms with Gasteiger partial charge < -0.3 is 33.5 Å². The van der Waals surface area contributed by atoms with Crippen molar-refractivity contribution in [2.75, 3.05) is 52.7 Å².